The predicted octanol–water partition coefficient (Wildman–Crippen LogP) is 1.09. The molecule has 1 aromatic carbocycles. The van der Waals surface area contributed by atoms with Crippen molar-refractivity contribution in [3.05, 3.63) is 29.8 Å². The SMILES string of the molecule is CCN(CC(=O)O)S(=O)(=O)c1cccc(C)c1. The number of nitrogens with zero attached hydrogens (tertiary/aromatic N) is 1. The van der Waals surface area contributed by atoms with Crippen LogP contribution in [0.15, 0.2) is 29.2 Å². The van der Waals surface area contributed by atoms with Crippen LogP contribution in [0.5, 0.6) is 0 Å². The molecule has 0 aliphatic carbocycles. The highest BCUT2D eigenvalue weighted by atomic mass is 32.2. The molecule has 0 aromatic heterocycles. The first-order valence-corrected chi connectivity index (χ1v) is 6.60. The predicted molar refractivity (Wildman–Crippen MR) is 63.2 cm³/mol. The molecule has 0 saturated heterocycles. The molecule has 0 saturated carbocycles. The number of hydrogen-bond acceptors (Lipinski definition) is 3. The average Bonchev–Trinajstić information content (AvgIpc) is 2.25. The van der Waals surface area contributed by atoms with Crippen molar-refractivity contribution in [2.45, 2.75) is 18.7 Å². The van der Waals surface area contributed by atoms with Gasteiger partial charge in [0.2, 0.25) is 10.0 Å². The number of carboxylic acid groups (broad SMARTS) is 1. The van der Waals surface area contributed by atoms with Crippen LogP contribution in [0.3, 0.4) is 0 Å². The average molecular weight is 257 g/mol. The Morgan fingerprint density at radius 3 is 2.53 bits per heavy atom. The molecule has 0 heterocycles. The van der Waals surface area contributed by atoms with Crippen LogP contribution >= 0.6 is 0 Å². The third kappa shape index (κ3) is 3.28. The number of rotatable bonds is 5. The Labute approximate surface area is 101 Å². The second-order valence-electron chi connectivity index (χ2n) is 3.64. The largest absolute Gasteiger partial charge is 0.480 e. The van der Waals surface area contributed by atoms with Gasteiger partial charge < -0.3 is 5.11 Å². The molecule has 0 atom stereocenters. The van der Waals surface area contributed by atoms with Gasteiger partial charge in [0.15, 0.2) is 0 Å². The van der Waals surface area contributed by atoms with Crippen molar-refractivity contribution in [1.82, 2.24) is 4.31 Å². The van der Waals surface area contributed by atoms with Gasteiger partial charge in [0, 0.05) is 6.54 Å². The number of carbonyl (C=O) groups is 1. The summed E-state index contributed by atoms with van der Waals surface area (Å²) in [6, 6.07) is 6.41. The van der Waals surface area contributed by atoms with Crippen LogP contribution in [-0.2, 0) is 14.8 Å². The molecule has 17 heavy (non-hydrogen) atoms. The summed E-state index contributed by atoms with van der Waals surface area (Å²) in [7, 11) is -3.72. The molecule has 94 valence electrons. The van der Waals surface area contributed by atoms with Gasteiger partial charge in [-0.3, -0.25) is 4.79 Å². The van der Waals surface area contributed by atoms with E-state index in [0.29, 0.717) is 0 Å². The molecule has 0 unspecified atom stereocenters. The standard InChI is InChI=1S/C11H15NO4S/c1-3-12(8-11(13)14)17(15,16)10-6-4-5-9(2)7-10/h4-7H,3,8H2,1-2H3,(H,13,14). The minimum atomic E-state index is -3.72. The summed E-state index contributed by atoms with van der Waals surface area (Å²) >= 11 is 0. The first kappa shape index (κ1) is 13.7. The molecule has 5 nitrogen and oxygen atoms in total. The van der Waals surface area contributed by atoms with Crippen molar-refractivity contribution < 1.29 is 18.3 Å². The van der Waals surface area contributed by atoms with Crippen LogP contribution in [-0.4, -0.2) is 36.9 Å². The third-order valence-corrected chi connectivity index (χ3v) is 4.21. The Kier molecular flexibility index (Phi) is 4.25. The van der Waals surface area contributed by atoms with E-state index in [1.165, 1.54) is 12.1 Å². The van der Waals surface area contributed by atoms with E-state index in [1.807, 2.05) is 0 Å². The number of aliphatic carboxylic acids is 1. The highest BCUT2D eigenvalue weighted by Gasteiger charge is 2.24. The summed E-state index contributed by atoms with van der Waals surface area (Å²) in [5, 5.41) is 8.67. The maximum absolute atomic E-state index is 12.1. The van der Waals surface area contributed by atoms with E-state index >= 15 is 0 Å². The summed E-state index contributed by atoms with van der Waals surface area (Å²) in [6.45, 7) is 3.00. The number of benzene rings is 1. The Bertz CT molecular complexity index is 510. The molecule has 1 rings (SSSR count). The van der Waals surface area contributed by atoms with Crippen molar-refractivity contribution in [2.24, 2.45) is 0 Å². The molecule has 0 radical (unpaired) electrons. The Morgan fingerprint density at radius 1 is 1.41 bits per heavy atom. The van der Waals surface area contributed by atoms with E-state index in [2.05, 4.69) is 0 Å². The lowest BCUT2D eigenvalue weighted by molar-refractivity contribution is -0.137. The van der Waals surface area contributed by atoms with Gasteiger partial charge in [-0.1, -0.05) is 19.1 Å². The molecular formula is C11H15NO4S. The van der Waals surface area contributed by atoms with Crippen molar-refractivity contribution in [2.75, 3.05) is 13.1 Å². The minimum absolute atomic E-state index is 0.126. The first-order chi connectivity index (χ1) is 7.87. The normalized spacial score (nSPS) is 11.7. The number of carboxylic acids is 1. The number of aryl methyl sites for hydroxylation is 1. The van der Waals surface area contributed by atoms with Gasteiger partial charge in [-0.05, 0) is 24.6 Å². The second kappa shape index (κ2) is 5.29. The van der Waals surface area contributed by atoms with Crippen molar-refractivity contribution in [3.63, 3.8) is 0 Å². The van der Waals surface area contributed by atoms with Crippen LogP contribution in [0.1, 0.15) is 12.5 Å². The summed E-state index contributed by atoms with van der Waals surface area (Å²) in [5.41, 5.74) is 0.817. The van der Waals surface area contributed by atoms with Gasteiger partial charge in [-0.25, -0.2) is 8.42 Å². The maximum Gasteiger partial charge on any atom is 0.318 e. The lowest BCUT2D eigenvalue weighted by Gasteiger charge is -2.18. The second-order valence-corrected chi connectivity index (χ2v) is 5.58. The number of hydrogen-bond donors (Lipinski definition) is 1. The van der Waals surface area contributed by atoms with Crippen LogP contribution in [0.25, 0.3) is 0 Å². The van der Waals surface area contributed by atoms with E-state index < -0.39 is 22.5 Å². The fourth-order valence-electron chi connectivity index (χ4n) is 1.44. The lowest BCUT2D eigenvalue weighted by atomic mass is 10.2. The van der Waals surface area contributed by atoms with Gasteiger partial charge in [-0.15, -0.1) is 0 Å². The molecule has 0 fully saturated rings. The van der Waals surface area contributed by atoms with E-state index in [9.17, 15) is 13.2 Å². The molecular weight excluding hydrogens is 242 g/mol. The number of sulfonamides is 1. The highest BCUT2D eigenvalue weighted by Crippen LogP contribution is 2.16. The van der Waals surface area contributed by atoms with Gasteiger partial charge in [0.1, 0.15) is 6.54 Å². The molecule has 1 N–H and O–H groups in total. The van der Waals surface area contributed by atoms with Gasteiger partial charge in [-0.2, -0.15) is 4.31 Å². The molecule has 0 spiro atoms. The molecule has 6 heteroatoms. The van der Waals surface area contributed by atoms with Crippen molar-refractivity contribution in [3.8, 4) is 0 Å². The zero-order valence-corrected chi connectivity index (χ0v) is 10.6. The van der Waals surface area contributed by atoms with Crippen molar-refractivity contribution in [1.29, 1.82) is 0 Å². The zero-order chi connectivity index (χ0) is 13.1. The Morgan fingerprint density at radius 2 is 2.06 bits per heavy atom. The molecule has 0 aliphatic rings. The van der Waals surface area contributed by atoms with Gasteiger partial charge in [0.25, 0.3) is 0 Å². The number of likely N-dealkylation sites (N-methyl/N-ethyl adjacent to an activating group) is 1. The van der Waals surface area contributed by atoms with Crippen LogP contribution in [0.2, 0.25) is 0 Å². The topological polar surface area (TPSA) is 74.7 Å². The molecule has 0 bridgehead atoms. The van der Waals surface area contributed by atoms with E-state index in [0.717, 1.165) is 9.87 Å². The Hall–Kier alpha value is -1.40. The van der Waals surface area contributed by atoms with E-state index in [-0.39, 0.29) is 11.4 Å². The van der Waals surface area contributed by atoms with Crippen molar-refractivity contribution >= 4 is 16.0 Å². The highest BCUT2D eigenvalue weighted by molar-refractivity contribution is 7.89. The quantitative estimate of drug-likeness (QED) is 0.856. The van der Waals surface area contributed by atoms with Crippen LogP contribution in [0.4, 0.5) is 0 Å². The molecule has 1 aromatic rings. The third-order valence-electron chi connectivity index (χ3n) is 2.29. The summed E-state index contributed by atoms with van der Waals surface area (Å²) in [6.07, 6.45) is 0. The first-order valence-electron chi connectivity index (χ1n) is 5.16. The van der Waals surface area contributed by atoms with E-state index in [4.69, 9.17) is 5.11 Å². The Balaban J connectivity index is 3.13. The lowest BCUT2D eigenvalue weighted by Crippen LogP contribution is -2.35. The fourth-order valence-corrected chi connectivity index (χ4v) is 2.95. The van der Waals surface area contributed by atoms with Crippen LogP contribution < -0.4 is 0 Å². The maximum atomic E-state index is 12.1. The fraction of sp³-hybridized carbons (Fsp3) is 0.364. The minimum Gasteiger partial charge on any atom is -0.480 e. The monoisotopic (exact) mass is 257 g/mol. The van der Waals surface area contributed by atoms with Crippen LogP contribution in [0, 0.1) is 6.92 Å². The van der Waals surface area contributed by atoms with E-state index in [1.54, 1.807) is 26.0 Å². The zero-order valence-electron chi connectivity index (χ0n) is 9.75. The summed E-state index contributed by atoms with van der Waals surface area (Å²) < 4.78 is 25.2. The van der Waals surface area contributed by atoms with Gasteiger partial charge in [0.05, 0.1) is 4.90 Å². The smallest absolute Gasteiger partial charge is 0.318 e. The summed E-state index contributed by atoms with van der Waals surface area (Å²) in [4.78, 5) is 10.7. The molecule has 0 aliphatic heterocycles. The summed E-state index contributed by atoms with van der Waals surface area (Å²) in [5.74, 6) is -1.16. The van der Waals surface area contributed by atoms with Gasteiger partial charge >= 0.3 is 5.97 Å². The molecule has 0 amide bonds.